The SMILES string of the molecule is CNc1c(I)c(Cl)nc2c1OCCO2. The molecule has 0 aliphatic carbocycles. The third-order valence-electron chi connectivity index (χ3n) is 1.84. The van der Waals surface area contributed by atoms with Crippen molar-refractivity contribution in [2.75, 3.05) is 25.6 Å². The maximum atomic E-state index is 5.94. The number of pyridine rings is 1. The lowest BCUT2D eigenvalue weighted by Crippen LogP contribution is -2.18. The molecule has 0 fully saturated rings. The zero-order valence-corrected chi connectivity index (χ0v) is 10.3. The number of aromatic nitrogens is 1. The summed E-state index contributed by atoms with van der Waals surface area (Å²) in [5.74, 6) is 1.11. The smallest absolute Gasteiger partial charge is 0.260 e. The van der Waals surface area contributed by atoms with Gasteiger partial charge in [-0.3, -0.25) is 0 Å². The Hall–Kier alpha value is -0.430. The topological polar surface area (TPSA) is 43.4 Å². The first kappa shape index (κ1) is 10.1. The summed E-state index contributed by atoms with van der Waals surface area (Å²) in [5, 5.41) is 3.46. The first-order valence-electron chi connectivity index (χ1n) is 4.06. The van der Waals surface area contributed by atoms with Gasteiger partial charge in [-0.05, 0) is 22.6 Å². The molecule has 1 aromatic heterocycles. The van der Waals surface area contributed by atoms with Crippen molar-refractivity contribution in [1.29, 1.82) is 0 Å². The minimum absolute atomic E-state index is 0.430. The Balaban J connectivity index is 2.60. The normalized spacial score (nSPS) is 13.9. The van der Waals surface area contributed by atoms with E-state index in [0.29, 0.717) is 30.0 Å². The van der Waals surface area contributed by atoms with E-state index in [4.69, 9.17) is 21.1 Å². The van der Waals surface area contributed by atoms with Crippen LogP contribution in [0.4, 0.5) is 5.69 Å². The number of anilines is 1. The van der Waals surface area contributed by atoms with E-state index in [0.717, 1.165) is 9.26 Å². The number of halogens is 2. The Morgan fingerprint density at radius 1 is 1.43 bits per heavy atom. The molecule has 0 amide bonds. The van der Waals surface area contributed by atoms with Gasteiger partial charge >= 0.3 is 0 Å². The Morgan fingerprint density at radius 3 is 2.86 bits per heavy atom. The summed E-state index contributed by atoms with van der Waals surface area (Å²) in [4.78, 5) is 4.09. The summed E-state index contributed by atoms with van der Waals surface area (Å²) in [5.41, 5.74) is 0.834. The van der Waals surface area contributed by atoms with E-state index in [-0.39, 0.29) is 0 Å². The fourth-order valence-corrected chi connectivity index (χ4v) is 2.04. The average Bonchev–Trinajstić information content (AvgIpc) is 2.20. The predicted molar refractivity (Wildman–Crippen MR) is 62.5 cm³/mol. The van der Waals surface area contributed by atoms with E-state index in [1.165, 1.54) is 0 Å². The highest BCUT2D eigenvalue weighted by atomic mass is 127. The lowest BCUT2D eigenvalue weighted by molar-refractivity contribution is 0.165. The first-order valence-corrected chi connectivity index (χ1v) is 5.52. The molecule has 14 heavy (non-hydrogen) atoms. The van der Waals surface area contributed by atoms with Gasteiger partial charge in [-0.25, -0.2) is 0 Å². The molecule has 0 saturated heterocycles. The molecule has 0 unspecified atom stereocenters. The summed E-state index contributed by atoms with van der Waals surface area (Å²) in [6, 6.07) is 0. The minimum atomic E-state index is 0.430. The Bertz CT molecular complexity index is 373. The van der Waals surface area contributed by atoms with E-state index in [1.807, 2.05) is 7.05 Å². The second kappa shape index (κ2) is 3.98. The molecule has 1 N–H and O–H groups in total. The van der Waals surface area contributed by atoms with Crippen molar-refractivity contribution >= 4 is 39.9 Å². The van der Waals surface area contributed by atoms with Gasteiger partial charge in [0.25, 0.3) is 5.88 Å². The molecule has 76 valence electrons. The van der Waals surface area contributed by atoms with Crippen molar-refractivity contribution in [2.45, 2.75) is 0 Å². The summed E-state index contributed by atoms with van der Waals surface area (Å²) in [7, 11) is 1.81. The maximum absolute atomic E-state index is 5.94. The van der Waals surface area contributed by atoms with Gasteiger partial charge in [0, 0.05) is 7.05 Å². The monoisotopic (exact) mass is 326 g/mol. The Kier molecular flexibility index (Phi) is 2.87. The Morgan fingerprint density at radius 2 is 2.14 bits per heavy atom. The van der Waals surface area contributed by atoms with Gasteiger partial charge in [0.1, 0.15) is 18.4 Å². The van der Waals surface area contributed by atoms with Crippen LogP contribution < -0.4 is 14.8 Å². The molecule has 1 aromatic rings. The van der Waals surface area contributed by atoms with Crippen LogP contribution in [0.1, 0.15) is 0 Å². The van der Waals surface area contributed by atoms with E-state index in [9.17, 15) is 0 Å². The number of nitrogens with zero attached hydrogens (tertiary/aromatic N) is 1. The molecular weight excluding hydrogens is 318 g/mol. The zero-order valence-electron chi connectivity index (χ0n) is 7.43. The summed E-state index contributed by atoms with van der Waals surface area (Å²) in [6.07, 6.45) is 0. The molecule has 1 aliphatic rings. The van der Waals surface area contributed by atoms with Crippen LogP contribution >= 0.6 is 34.2 Å². The van der Waals surface area contributed by atoms with Crippen molar-refractivity contribution in [3.63, 3.8) is 0 Å². The largest absolute Gasteiger partial charge is 0.483 e. The summed E-state index contributed by atoms with van der Waals surface area (Å²) >= 11 is 8.05. The molecule has 2 heterocycles. The number of hydrogen-bond donors (Lipinski definition) is 1. The molecule has 2 rings (SSSR count). The molecule has 0 atom stereocenters. The highest BCUT2D eigenvalue weighted by molar-refractivity contribution is 14.1. The number of nitrogens with one attached hydrogen (secondary N) is 1. The van der Waals surface area contributed by atoms with E-state index < -0.39 is 0 Å². The Labute approximate surface area is 100 Å². The molecule has 6 heteroatoms. The average molecular weight is 327 g/mol. The van der Waals surface area contributed by atoms with E-state index in [2.05, 4.69) is 32.9 Å². The molecule has 0 spiro atoms. The van der Waals surface area contributed by atoms with Crippen molar-refractivity contribution in [3.05, 3.63) is 8.72 Å². The van der Waals surface area contributed by atoms with Crippen molar-refractivity contribution < 1.29 is 9.47 Å². The van der Waals surface area contributed by atoms with E-state index >= 15 is 0 Å². The van der Waals surface area contributed by atoms with Crippen LogP contribution in [0, 0.1) is 3.57 Å². The zero-order chi connectivity index (χ0) is 10.1. The maximum Gasteiger partial charge on any atom is 0.260 e. The first-order chi connectivity index (χ1) is 6.74. The van der Waals surface area contributed by atoms with Gasteiger partial charge in [-0.15, -0.1) is 0 Å². The summed E-state index contributed by atoms with van der Waals surface area (Å²) in [6.45, 7) is 1.06. The molecule has 0 radical (unpaired) electrons. The number of fused-ring (bicyclic) bond motifs is 1. The van der Waals surface area contributed by atoms with Crippen LogP contribution in [0.15, 0.2) is 0 Å². The van der Waals surface area contributed by atoms with Gasteiger partial charge in [0.15, 0.2) is 0 Å². The van der Waals surface area contributed by atoms with Crippen LogP contribution in [0.3, 0.4) is 0 Å². The van der Waals surface area contributed by atoms with E-state index in [1.54, 1.807) is 0 Å². The van der Waals surface area contributed by atoms with Crippen molar-refractivity contribution in [3.8, 4) is 11.6 Å². The van der Waals surface area contributed by atoms with Gasteiger partial charge in [0.05, 0.1) is 9.26 Å². The van der Waals surface area contributed by atoms with Crippen LogP contribution in [0.25, 0.3) is 0 Å². The van der Waals surface area contributed by atoms with Crippen molar-refractivity contribution in [1.82, 2.24) is 4.98 Å². The minimum Gasteiger partial charge on any atom is -0.483 e. The van der Waals surface area contributed by atoms with Crippen LogP contribution in [0.5, 0.6) is 11.6 Å². The standard InChI is InChI=1S/C8H8ClIN2O2/c1-11-5-4(10)7(9)12-8-6(5)13-2-3-14-8/h2-3H2,1H3,(H,11,12). The second-order valence-corrected chi connectivity index (χ2v) is 4.11. The van der Waals surface area contributed by atoms with Gasteiger partial charge in [0.2, 0.25) is 5.75 Å². The van der Waals surface area contributed by atoms with Gasteiger partial charge in [-0.1, -0.05) is 11.6 Å². The highest BCUT2D eigenvalue weighted by Gasteiger charge is 2.21. The molecule has 0 saturated carbocycles. The molecule has 0 aromatic carbocycles. The van der Waals surface area contributed by atoms with Gasteiger partial charge in [-0.2, -0.15) is 4.98 Å². The molecule has 1 aliphatic heterocycles. The fourth-order valence-electron chi connectivity index (χ4n) is 1.24. The number of ether oxygens (including phenoxy) is 2. The lowest BCUT2D eigenvalue weighted by atomic mass is 10.3. The third kappa shape index (κ3) is 1.58. The van der Waals surface area contributed by atoms with Crippen LogP contribution in [-0.2, 0) is 0 Å². The molecule has 0 bridgehead atoms. The number of hydrogen-bond acceptors (Lipinski definition) is 4. The van der Waals surface area contributed by atoms with Gasteiger partial charge < -0.3 is 14.8 Å². The van der Waals surface area contributed by atoms with Crippen molar-refractivity contribution in [2.24, 2.45) is 0 Å². The third-order valence-corrected chi connectivity index (χ3v) is 3.48. The summed E-state index contributed by atoms with van der Waals surface area (Å²) < 4.78 is 11.6. The lowest BCUT2D eigenvalue weighted by Gasteiger charge is -2.21. The van der Waals surface area contributed by atoms with Crippen LogP contribution in [-0.4, -0.2) is 25.2 Å². The van der Waals surface area contributed by atoms with Crippen LogP contribution in [0.2, 0.25) is 5.15 Å². The second-order valence-electron chi connectivity index (χ2n) is 2.67. The fraction of sp³-hybridized carbons (Fsp3) is 0.375. The highest BCUT2D eigenvalue weighted by Crippen LogP contribution is 2.41. The quantitative estimate of drug-likeness (QED) is 0.634. The predicted octanol–water partition coefficient (Wildman–Crippen LogP) is 2.15. The number of rotatable bonds is 1. The molecule has 4 nitrogen and oxygen atoms in total. The molecular formula is C8H8ClIN2O2.